The van der Waals surface area contributed by atoms with Gasteiger partial charge in [0.05, 0.1) is 23.2 Å². The molecule has 4 nitrogen and oxygen atoms in total. The van der Waals surface area contributed by atoms with E-state index in [0.29, 0.717) is 22.3 Å². The number of alkyl halides is 3. The summed E-state index contributed by atoms with van der Waals surface area (Å²) in [6, 6.07) is 6.99. The van der Waals surface area contributed by atoms with Crippen molar-refractivity contribution in [3.05, 3.63) is 46.5 Å². The van der Waals surface area contributed by atoms with Crippen LogP contribution >= 0.6 is 0 Å². The number of hydrogen-bond acceptors (Lipinski definition) is 3. The Balaban J connectivity index is 1.97. The van der Waals surface area contributed by atoms with Crippen LogP contribution in [0.1, 0.15) is 18.5 Å². The van der Waals surface area contributed by atoms with Gasteiger partial charge in [-0.15, -0.1) is 0 Å². The summed E-state index contributed by atoms with van der Waals surface area (Å²) in [4.78, 5) is 16.8. The van der Waals surface area contributed by atoms with Crippen LogP contribution in [0.4, 0.5) is 13.2 Å². The van der Waals surface area contributed by atoms with Crippen molar-refractivity contribution in [2.24, 2.45) is 7.05 Å². The number of fused-ring (bicyclic) bond motifs is 3. The Morgan fingerprint density at radius 1 is 1.20 bits per heavy atom. The second kappa shape index (κ2) is 6.38. The highest BCUT2D eigenvalue weighted by Crippen LogP contribution is 2.27. The molecule has 2 aromatic heterocycles. The summed E-state index contributed by atoms with van der Waals surface area (Å²) in [6.45, 7) is 1.75. The minimum absolute atomic E-state index is 0.0322. The lowest BCUT2D eigenvalue weighted by molar-refractivity contribution is -0.136. The molecule has 0 N–H and O–H groups in total. The number of halogens is 3. The van der Waals surface area contributed by atoms with E-state index in [1.807, 2.05) is 6.07 Å². The molecule has 1 aromatic carbocycles. The van der Waals surface area contributed by atoms with Crippen LogP contribution in [0.5, 0.6) is 5.75 Å². The van der Waals surface area contributed by atoms with Crippen LogP contribution in [0.3, 0.4) is 0 Å². The highest BCUT2D eigenvalue weighted by atomic mass is 19.4. The van der Waals surface area contributed by atoms with Gasteiger partial charge in [-0.25, -0.2) is 0 Å². The topological polar surface area (TPSA) is 44.1 Å². The number of aryl methyl sites for hydroxylation is 2. The molecule has 3 rings (SSSR count). The van der Waals surface area contributed by atoms with Crippen LogP contribution in [0, 0.1) is 6.92 Å². The van der Waals surface area contributed by atoms with Gasteiger partial charge in [0, 0.05) is 31.1 Å². The summed E-state index contributed by atoms with van der Waals surface area (Å²) in [5.74, 6) is 0.440. The zero-order valence-corrected chi connectivity index (χ0v) is 13.9. The van der Waals surface area contributed by atoms with Gasteiger partial charge in [-0.3, -0.25) is 9.78 Å². The minimum Gasteiger partial charge on any atom is -0.494 e. The lowest BCUT2D eigenvalue weighted by atomic mass is 10.1. The first-order valence-corrected chi connectivity index (χ1v) is 7.85. The van der Waals surface area contributed by atoms with Crippen molar-refractivity contribution in [3.63, 3.8) is 0 Å². The third kappa shape index (κ3) is 3.45. The van der Waals surface area contributed by atoms with Gasteiger partial charge >= 0.3 is 6.18 Å². The van der Waals surface area contributed by atoms with Gasteiger partial charge in [-0.1, -0.05) is 0 Å². The first-order chi connectivity index (χ1) is 11.8. The van der Waals surface area contributed by atoms with E-state index in [1.54, 1.807) is 38.4 Å². The van der Waals surface area contributed by atoms with E-state index in [-0.39, 0.29) is 18.6 Å². The predicted octanol–water partition coefficient (Wildman–Crippen LogP) is 4.12. The van der Waals surface area contributed by atoms with E-state index in [4.69, 9.17) is 4.74 Å². The molecule has 7 heteroatoms. The molecule has 0 aliphatic carbocycles. The van der Waals surface area contributed by atoms with Crippen molar-refractivity contribution in [2.45, 2.75) is 25.9 Å². The number of aromatic nitrogens is 2. The maximum atomic E-state index is 12.6. The molecule has 0 unspecified atom stereocenters. The van der Waals surface area contributed by atoms with Gasteiger partial charge < -0.3 is 9.30 Å². The lowest BCUT2D eigenvalue weighted by Gasteiger charge is -2.13. The van der Waals surface area contributed by atoms with Gasteiger partial charge in [0.2, 0.25) is 0 Å². The molecule has 0 saturated heterocycles. The van der Waals surface area contributed by atoms with Crippen molar-refractivity contribution < 1.29 is 17.9 Å². The van der Waals surface area contributed by atoms with Gasteiger partial charge in [-0.05, 0) is 36.9 Å². The fraction of sp³-hybridized carbons (Fsp3) is 0.333. The molecule has 132 valence electrons. The Morgan fingerprint density at radius 3 is 2.68 bits per heavy atom. The van der Waals surface area contributed by atoms with Gasteiger partial charge in [0.25, 0.3) is 5.56 Å². The van der Waals surface area contributed by atoms with Crippen molar-refractivity contribution in [3.8, 4) is 5.75 Å². The molecule has 0 radical (unpaired) electrons. The van der Waals surface area contributed by atoms with Gasteiger partial charge in [0.1, 0.15) is 5.75 Å². The summed E-state index contributed by atoms with van der Waals surface area (Å²) in [5, 5.41) is 2.23. The van der Waals surface area contributed by atoms with E-state index in [2.05, 4.69) is 4.98 Å². The second-order valence-electron chi connectivity index (χ2n) is 5.93. The van der Waals surface area contributed by atoms with E-state index >= 15 is 0 Å². The van der Waals surface area contributed by atoms with Crippen LogP contribution in [0.15, 0.2) is 35.3 Å². The number of pyridine rings is 2. The van der Waals surface area contributed by atoms with Gasteiger partial charge in [-0.2, -0.15) is 13.2 Å². The third-order valence-corrected chi connectivity index (χ3v) is 4.15. The Labute approximate surface area is 141 Å². The van der Waals surface area contributed by atoms with E-state index in [0.717, 1.165) is 10.8 Å². The largest absolute Gasteiger partial charge is 0.494 e. The molecule has 0 bridgehead atoms. The molecule has 3 aromatic rings. The van der Waals surface area contributed by atoms with Crippen molar-refractivity contribution in [1.82, 2.24) is 9.55 Å². The standard InChI is InChI=1S/C18H17F3N2O2/c1-11-16-14(6-8-22-11)13-5-4-12(10-15(13)23(2)17(16)24)25-9-3-7-18(19,20)21/h4-6,8,10H,3,7,9H2,1-2H3. The normalized spacial score (nSPS) is 12.0. The monoisotopic (exact) mass is 350 g/mol. The summed E-state index contributed by atoms with van der Waals surface area (Å²) in [6.07, 6.45) is -3.52. The van der Waals surface area contributed by atoms with Crippen molar-refractivity contribution in [2.75, 3.05) is 6.61 Å². The Bertz CT molecular complexity index is 993. The minimum atomic E-state index is -4.18. The number of benzene rings is 1. The molecule has 0 spiro atoms. The zero-order chi connectivity index (χ0) is 18.2. The van der Waals surface area contributed by atoms with Crippen molar-refractivity contribution >= 4 is 21.7 Å². The highest BCUT2D eigenvalue weighted by molar-refractivity contribution is 6.06. The molecule has 0 saturated carbocycles. The first-order valence-electron chi connectivity index (χ1n) is 7.85. The van der Waals surface area contributed by atoms with Crippen LogP contribution < -0.4 is 10.3 Å². The van der Waals surface area contributed by atoms with E-state index in [1.165, 1.54) is 4.57 Å². The molecule has 2 heterocycles. The SMILES string of the molecule is Cc1nccc2c1c(=O)n(C)c1cc(OCCCC(F)(F)F)ccc21. The Hall–Kier alpha value is -2.57. The first kappa shape index (κ1) is 17.3. The molecular weight excluding hydrogens is 333 g/mol. The average Bonchev–Trinajstić information content (AvgIpc) is 2.55. The highest BCUT2D eigenvalue weighted by Gasteiger charge is 2.26. The van der Waals surface area contributed by atoms with Crippen LogP contribution in [0.25, 0.3) is 21.7 Å². The van der Waals surface area contributed by atoms with Crippen LogP contribution in [-0.4, -0.2) is 22.3 Å². The van der Waals surface area contributed by atoms with Crippen molar-refractivity contribution in [1.29, 1.82) is 0 Å². The third-order valence-electron chi connectivity index (χ3n) is 4.15. The quantitative estimate of drug-likeness (QED) is 0.525. The van der Waals surface area contributed by atoms with E-state index in [9.17, 15) is 18.0 Å². The molecule has 0 fully saturated rings. The fourth-order valence-electron chi connectivity index (χ4n) is 2.91. The number of hydrogen-bond donors (Lipinski definition) is 0. The van der Waals surface area contributed by atoms with Gasteiger partial charge in [0.15, 0.2) is 0 Å². The summed E-state index contributed by atoms with van der Waals surface area (Å²) < 4.78 is 43.4. The maximum absolute atomic E-state index is 12.6. The second-order valence-corrected chi connectivity index (χ2v) is 5.93. The zero-order valence-electron chi connectivity index (χ0n) is 13.9. The molecule has 0 amide bonds. The smallest absolute Gasteiger partial charge is 0.389 e. The molecule has 0 aliphatic rings. The Kier molecular flexibility index (Phi) is 4.41. The summed E-state index contributed by atoms with van der Waals surface area (Å²) in [5.41, 5.74) is 1.16. The Morgan fingerprint density at radius 2 is 1.96 bits per heavy atom. The van der Waals surface area contributed by atoms with Crippen LogP contribution in [0.2, 0.25) is 0 Å². The fourth-order valence-corrected chi connectivity index (χ4v) is 2.91. The number of ether oxygens (including phenoxy) is 1. The number of nitrogens with zero attached hydrogens (tertiary/aromatic N) is 2. The summed E-state index contributed by atoms with van der Waals surface area (Å²) >= 11 is 0. The number of rotatable bonds is 4. The molecule has 0 aliphatic heterocycles. The van der Waals surface area contributed by atoms with E-state index < -0.39 is 12.6 Å². The summed E-state index contributed by atoms with van der Waals surface area (Å²) in [7, 11) is 1.66. The molecular formula is C18H17F3N2O2. The lowest BCUT2D eigenvalue weighted by Crippen LogP contribution is -2.18. The average molecular weight is 350 g/mol. The molecule has 0 atom stereocenters. The molecule has 25 heavy (non-hydrogen) atoms. The predicted molar refractivity (Wildman–Crippen MR) is 90.0 cm³/mol. The maximum Gasteiger partial charge on any atom is 0.389 e. The van der Waals surface area contributed by atoms with Crippen LogP contribution in [-0.2, 0) is 7.05 Å².